The first-order valence-corrected chi connectivity index (χ1v) is 9.31. The van der Waals surface area contributed by atoms with E-state index in [4.69, 9.17) is 14.6 Å². The van der Waals surface area contributed by atoms with Gasteiger partial charge < -0.3 is 19.5 Å². The van der Waals surface area contributed by atoms with Gasteiger partial charge in [-0.2, -0.15) is 0 Å². The Balaban J connectivity index is 1.85. The molecule has 1 aliphatic rings. The average molecular weight is 383 g/mol. The Hall–Kier alpha value is -3.02. The molecule has 148 valence electrons. The molecule has 28 heavy (non-hydrogen) atoms. The number of nitrogens with zero attached hydrogens (tertiary/aromatic N) is 1. The summed E-state index contributed by atoms with van der Waals surface area (Å²) in [5.41, 5.74) is 3.16. The van der Waals surface area contributed by atoms with Gasteiger partial charge in [-0.05, 0) is 67.6 Å². The van der Waals surface area contributed by atoms with Crippen molar-refractivity contribution in [1.82, 2.24) is 4.90 Å². The molecule has 6 nitrogen and oxygen atoms in total. The lowest BCUT2D eigenvalue weighted by Crippen LogP contribution is -2.30. The normalized spacial score (nSPS) is 16.1. The highest BCUT2D eigenvalue weighted by atomic mass is 16.5. The largest absolute Gasteiger partial charge is 0.497 e. The molecule has 1 atom stereocenters. The maximum Gasteiger partial charge on any atom is 0.341 e. The minimum absolute atomic E-state index is 0.0196. The lowest BCUT2D eigenvalue weighted by molar-refractivity contribution is -0.139. The highest BCUT2D eigenvalue weighted by Gasteiger charge is 2.31. The van der Waals surface area contributed by atoms with Crippen LogP contribution in [0.3, 0.4) is 0 Å². The molecule has 1 unspecified atom stereocenters. The van der Waals surface area contributed by atoms with Gasteiger partial charge >= 0.3 is 5.97 Å². The monoisotopic (exact) mass is 383 g/mol. The number of carbonyl (C=O) groups is 2. The van der Waals surface area contributed by atoms with E-state index in [9.17, 15) is 9.59 Å². The Morgan fingerprint density at radius 1 is 1.18 bits per heavy atom. The van der Waals surface area contributed by atoms with Crippen LogP contribution in [0, 0.1) is 13.8 Å². The number of rotatable bonds is 6. The molecule has 6 heteroatoms. The number of benzene rings is 2. The van der Waals surface area contributed by atoms with E-state index in [1.807, 2.05) is 43.0 Å². The molecule has 0 saturated carbocycles. The van der Waals surface area contributed by atoms with Gasteiger partial charge in [0.1, 0.15) is 11.5 Å². The summed E-state index contributed by atoms with van der Waals surface area (Å²) >= 11 is 0. The first-order chi connectivity index (χ1) is 13.4. The van der Waals surface area contributed by atoms with Crippen molar-refractivity contribution in [2.75, 3.05) is 20.3 Å². The average Bonchev–Trinajstić information content (AvgIpc) is 3.16. The van der Waals surface area contributed by atoms with Gasteiger partial charge in [-0.15, -0.1) is 0 Å². The van der Waals surface area contributed by atoms with E-state index in [0.717, 1.165) is 35.3 Å². The summed E-state index contributed by atoms with van der Waals surface area (Å²) in [6.45, 7) is 3.95. The molecule has 0 bridgehead atoms. The van der Waals surface area contributed by atoms with E-state index in [-0.39, 0.29) is 11.9 Å². The molecule has 3 rings (SSSR count). The number of carboxylic acid groups (broad SMARTS) is 1. The van der Waals surface area contributed by atoms with Crippen LogP contribution in [0.15, 0.2) is 36.4 Å². The third kappa shape index (κ3) is 4.11. The predicted octanol–water partition coefficient (Wildman–Crippen LogP) is 3.75. The Kier molecular flexibility index (Phi) is 5.87. The van der Waals surface area contributed by atoms with Gasteiger partial charge in [0, 0.05) is 12.1 Å². The summed E-state index contributed by atoms with van der Waals surface area (Å²) in [7, 11) is 1.64. The summed E-state index contributed by atoms with van der Waals surface area (Å²) in [4.78, 5) is 25.9. The minimum Gasteiger partial charge on any atom is -0.497 e. The molecule has 1 fully saturated rings. The van der Waals surface area contributed by atoms with Crippen molar-refractivity contribution in [3.63, 3.8) is 0 Å². The molecule has 1 saturated heterocycles. The number of likely N-dealkylation sites (tertiary alicyclic amines) is 1. The fourth-order valence-electron chi connectivity index (χ4n) is 3.81. The number of carboxylic acids is 1. The molecule has 0 aliphatic carbocycles. The lowest BCUT2D eigenvalue weighted by Gasteiger charge is -2.26. The van der Waals surface area contributed by atoms with Crippen LogP contribution in [0.5, 0.6) is 11.5 Å². The van der Waals surface area contributed by atoms with Gasteiger partial charge in [0.25, 0.3) is 5.91 Å². The second-order valence-electron chi connectivity index (χ2n) is 7.05. The number of aliphatic carboxylic acids is 1. The molecular formula is C22H25NO5. The van der Waals surface area contributed by atoms with Crippen molar-refractivity contribution in [1.29, 1.82) is 0 Å². The summed E-state index contributed by atoms with van der Waals surface area (Å²) in [6.07, 6.45) is 1.86. The first kappa shape index (κ1) is 19.7. The molecule has 2 aromatic rings. The molecule has 1 aliphatic heterocycles. The molecule has 1 amide bonds. The number of ether oxygens (including phenoxy) is 2. The zero-order valence-corrected chi connectivity index (χ0v) is 16.4. The Morgan fingerprint density at radius 2 is 1.89 bits per heavy atom. The van der Waals surface area contributed by atoms with Gasteiger partial charge in [-0.3, -0.25) is 4.79 Å². The number of hydrogen-bond acceptors (Lipinski definition) is 4. The molecule has 1 heterocycles. The number of hydrogen-bond donors (Lipinski definition) is 1. The van der Waals surface area contributed by atoms with Crippen molar-refractivity contribution in [3.8, 4) is 11.5 Å². The van der Waals surface area contributed by atoms with Crippen LogP contribution in [-0.4, -0.2) is 42.1 Å². The summed E-state index contributed by atoms with van der Waals surface area (Å²) < 4.78 is 10.7. The van der Waals surface area contributed by atoms with E-state index in [1.165, 1.54) is 0 Å². The smallest absolute Gasteiger partial charge is 0.341 e. The van der Waals surface area contributed by atoms with Crippen LogP contribution in [0.1, 0.15) is 45.9 Å². The van der Waals surface area contributed by atoms with Gasteiger partial charge in [0.15, 0.2) is 6.61 Å². The predicted molar refractivity (Wildman–Crippen MR) is 105 cm³/mol. The maximum atomic E-state index is 13.2. The zero-order chi connectivity index (χ0) is 20.3. The van der Waals surface area contributed by atoms with E-state index in [0.29, 0.717) is 17.9 Å². The van der Waals surface area contributed by atoms with Crippen LogP contribution in [-0.2, 0) is 4.79 Å². The van der Waals surface area contributed by atoms with E-state index < -0.39 is 12.6 Å². The van der Waals surface area contributed by atoms with Crippen molar-refractivity contribution >= 4 is 11.9 Å². The lowest BCUT2D eigenvalue weighted by atomic mass is 10.0. The molecular weight excluding hydrogens is 358 g/mol. The second kappa shape index (κ2) is 8.33. The summed E-state index contributed by atoms with van der Waals surface area (Å²) in [6, 6.07) is 11.4. The Labute approximate surface area is 164 Å². The van der Waals surface area contributed by atoms with Gasteiger partial charge in [-0.1, -0.05) is 12.1 Å². The van der Waals surface area contributed by atoms with Gasteiger partial charge in [0.05, 0.1) is 13.2 Å². The zero-order valence-electron chi connectivity index (χ0n) is 16.4. The van der Waals surface area contributed by atoms with Crippen LogP contribution in [0.4, 0.5) is 0 Å². The highest BCUT2D eigenvalue weighted by Crippen LogP contribution is 2.35. The standard InChI is InChI=1S/C22H25NO5/c1-14-10-17(11-15(2)21(14)28-13-20(24)25)22(26)23-9-5-8-19(23)16-6-4-7-18(12-16)27-3/h4,6-7,10-12,19H,5,8-9,13H2,1-3H3,(H,24,25). The highest BCUT2D eigenvalue weighted by molar-refractivity contribution is 5.95. The molecule has 0 radical (unpaired) electrons. The van der Waals surface area contributed by atoms with Gasteiger partial charge in [-0.25, -0.2) is 4.79 Å². The topological polar surface area (TPSA) is 76.1 Å². The molecule has 2 aromatic carbocycles. The molecule has 0 aromatic heterocycles. The van der Waals surface area contributed by atoms with Gasteiger partial charge in [0.2, 0.25) is 0 Å². The summed E-state index contributed by atoms with van der Waals surface area (Å²) in [5.74, 6) is 0.242. The quantitative estimate of drug-likeness (QED) is 0.822. The van der Waals surface area contributed by atoms with Crippen LogP contribution < -0.4 is 9.47 Å². The Bertz CT molecular complexity index is 869. The Morgan fingerprint density at radius 3 is 2.54 bits per heavy atom. The molecule has 0 spiro atoms. The van der Waals surface area contributed by atoms with Crippen LogP contribution in [0.25, 0.3) is 0 Å². The van der Waals surface area contributed by atoms with E-state index >= 15 is 0 Å². The third-order valence-electron chi connectivity index (χ3n) is 5.04. The molecule has 1 N–H and O–H groups in total. The maximum absolute atomic E-state index is 13.2. The fraction of sp³-hybridized carbons (Fsp3) is 0.364. The number of amides is 1. The van der Waals surface area contributed by atoms with Crippen molar-refractivity contribution < 1.29 is 24.2 Å². The number of aryl methyl sites for hydroxylation is 2. The minimum atomic E-state index is -1.03. The SMILES string of the molecule is COc1cccc(C2CCCN2C(=O)c2cc(C)c(OCC(=O)O)c(C)c2)c1. The van der Waals surface area contributed by atoms with Crippen molar-refractivity contribution in [2.45, 2.75) is 32.7 Å². The van der Waals surface area contributed by atoms with Crippen LogP contribution >= 0.6 is 0 Å². The summed E-state index contributed by atoms with van der Waals surface area (Å²) in [5, 5.41) is 8.82. The second-order valence-corrected chi connectivity index (χ2v) is 7.05. The van der Waals surface area contributed by atoms with Crippen molar-refractivity contribution in [2.24, 2.45) is 0 Å². The number of carbonyl (C=O) groups excluding carboxylic acids is 1. The first-order valence-electron chi connectivity index (χ1n) is 9.31. The fourth-order valence-corrected chi connectivity index (χ4v) is 3.81. The van der Waals surface area contributed by atoms with Crippen LogP contribution in [0.2, 0.25) is 0 Å². The van der Waals surface area contributed by atoms with Crippen molar-refractivity contribution in [3.05, 3.63) is 58.7 Å². The van der Waals surface area contributed by atoms with E-state index in [2.05, 4.69) is 0 Å². The third-order valence-corrected chi connectivity index (χ3v) is 5.04. The number of methoxy groups -OCH3 is 1. The van der Waals surface area contributed by atoms with E-state index in [1.54, 1.807) is 19.2 Å².